The maximum absolute atomic E-state index is 13.5. The van der Waals surface area contributed by atoms with E-state index < -0.39 is 16.0 Å². The van der Waals surface area contributed by atoms with Crippen molar-refractivity contribution in [2.75, 3.05) is 26.7 Å². The second-order valence-electron chi connectivity index (χ2n) is 8.01. The Bertz CT molecular complexity index is 1340. The highest BCUT2D eigenvalue weighted by molar-refractivity contribution is 7.91. The molecular formula is C25H27N3O4S2. The number of nitrogens with zero attached hydrogens (tertiary/aromatic N) is 3. The zero-order valence-electron chi connectivity index (χ0n) is 19.1. The third kappa shape index (κ3) is 4.69. The average molecular weight is 498 g/mol. The van der Waals surface area contributed by atoms with Crippen molar-refractivity contribution in [3.8, 4) is 0 Å². The van der Waals surface area contributed by atoms with Crippen LogP contribution in [0.25, 0.3) is 10.9 Å². The van der Waals surface area contributed by atoms with Gasteiger partial charge in [-0.1, -0.05) is 36.4 Å². The number of fused-ring (bicyclic) bond motifs is 2. The molecule has 1 aliphatic heterocycles. The Hall–Kier alpha value is -2.85. The monoisotopic (exact) mass is 497 g/mol. The Balaban J connectivity index is 1.66. The molecule has 0 amide bonds. The fourth-order valence-corrected chi connectivity index (χ4v) is 7.61. The van der Waals surface area contributed by atoms with Crippen LogP contribution in [0, 0.1) is 0 Å². The number of thiophene rings is 1. The summed E-state index contributed by atoms with van der Waals surface area (Å²) in [6.45, 7) is 9.42. The third-order valence-corrected chi connectivity index (χ3v) is 9.32. The number of sulfonamides is 1. The minimum absolute atomic E-state index is 0.0266. The Morgan fingerprint density at radius 2 is 1.94 bits per heavy atom. The second kappa shape index (κ2) is 10.2. The molecule has 0 bridgehead atoms. The summed E-state index contributed by atoms with van der Waals surface area (Å²) in [7, 11) is -2.66. The van der Waals surface area contributed by atoms with Crippen LogP contribution in [0.1, 0.15) is 26.5 Å². The van der Waals surface area contributed by atoms with Gasteiger partial charge in [0.15, 0.2) is 0 Å². The summed E-state index contributed by atoms with van der Waals surface area (Å²) in [5.41, 5.74) is 2.81. The number of esters is 1. The van der Waals surface area contributed by atoms with E-state index in [4.69, 9.17) is 9.72 Å². The molecule has 1 aliphatic rings. The summed E-state index contributed by atoms with van der Waals surface area (Å²) in [5, 5.41) is 1.09. The van der Waals surface area contributed by atoms with Crippen molar-refractivity contribution in [2.45, 2.75) is 23.7 Å². The molecule has 0 saturated heterocycles. The van der Waals surface area contributed by atoms with Gasteiger partial charge in [-0.15, -0.1) is 24.5 Å². The molecule has 2 aromatic heterocycles. The van der Waals surface area contributed by atoms with Crippen LogP contribution in [0.3, 0.4) is 0 Å². The lowest BCUT2D eigenvalue weighted by Gasteiger charge is -2.26. The first-order chi connectivity index (χ1) is 16.4. The van der Waals surface area contributed by atoms with E-state index in [0.29, 0.717) is 26.1 Å². The van der Waals surface area contributed by atoms with Gasteiger partial charge in [0.25, 0.3) is 10.0 Å². The van der Waals surface area contributed by atoms with Crippen LogP contribution < -0.4 is 0 Å². The van der Waals surface area contributed by atoms with E-state index in [0.717, 1.165) is 38.4 Å². The molecule has 0 N–H and O–H groups in total. The summed E-state index contributed by atoms with van der Waals surface area (Å²) in [4.78, 5) is 20.5. The third-order valence-electron chi connectivity index (χ3n) is 5.77. The molecule has 34 heavy (non-hydrogen) atoms. The number of hydrogen-bond acceptors (Lipinski definition) is 7. The van der Waals surface area contributed by atoms with Gasteiger partial charge < -0.3 is 4.74 Å². The summed E-state index contributed by atoms with van der Waals surface area (Å²) < 4.78 is 33.2. The first-order valence-electron chi connectivity index (χ1n) is 10.9. The van der Waals surface area contributed by atoms with E-state index in [2.05, 4.69) is 24.1 Å². The lowest BCUT2D eigenvalue weighted by atomic mass is 10.0. The number of ether oxygens (including phenoxy) is 1. The van der Waals surface area contributed by atoms with E-state index >= 15 is 0 Å². The van der Waals surface area contributed by atoms with Crippen molar-refractivity contribution in [3.63, 3.8) is 0 Å². The first-order valence-corrected chi connectivity index (χ1v) is 13.2. The summed E-state index contributed by atoms with van der Waals surface area (Å²) >= 11 is 1.15. The topological polar surface area (TPSA) is 79.8 Å². The maximum atomic E-state index is 13.5. The SMILES string of the molecule is C=CCN(CC=C)S(=O)(=O)c1sc2c(c1C(=O)OC)CCN(Cc1ccc3ccccc3n1)C2. The minimum Gasteiger partial charge on any atom is -0.465 e. The maximum Gasteiger partial charge on any atom is 0.340 e. The Morgan fingerprint density at radius 1 is 1.21 bits per heavy atom. The minimum atomic E-state index is -3.93. The molecular weight excluding hydrogens is 470 g/mol. The predicted octanol–water partition coefficient (Wildman–Crippen LogP) is 4.00. The first kappa shape index (κ1) is 24.3. The number of benzene rings is 1. The van der Waals surface area contributed by atoms with Gasteiger partial charge >= 0.3 is 5.97 Å². The Kier molecular flexibility index (Phi) is 7.27. The second-order valence-corrected chi connectivity index (χ2v) is 11.3. The molecule has 7 nitrogen and oxygen atoms in total. The molecule has 9 heteroatoms. The molecule has 178 valence electrons. The van der Waals surface area contributed by atoms with Gasteiger partial charge in [0.2, 0.25) is 0 Å². The van der Waals surface area contributed by atoms with Gasteiger partial charge in [-0.2, -0.15) is 4.31 Å². The molecule has 3 aromatic rings. The van der Waals surface area contributed by atoms with Gasteiger partial charge in [-0.05, 0) is 24.1 Å². The van der Waals surface area contributed by atoms with Gasteiger partial charge in [0.05, 0.1) is 23.9 Å². The van der Waals surface area contributed by atoms with Crippen LogP contribution in [-0.4, -0.2) is 55.3 Å². The van der Waals surface area contributed by atoms with Gasteiger partial charge in [-0.3, -0.25) is 9.88 Å². The number of pyridine rings is 1. The number of methoxy groups -OCH3 is 1. The zero-order valence-corrected chi connectivity index (χ0v) is 20.7. The molecule has 0 unspecified atom stereocenters. The molecule has 0 spiro atoms. The van der Waals surface area contributed by atoms with Gasteiger partial charge in [-0.25, -0.2) is 13.2 Å². The van der Waals surface area contributed by atoms with Crippen LogP contribution in [0.15, 0.2) is 65.9 Å². The smallest absolute Gasteiger partial charge is 0.340 e. The highest BCUT2D eigenvalue weighted by Crippen LogP contribution is 2.38. The van der Waals surface area contributed by atoms with Crippen molar-refractivity contribution in [1.29, 1.82) is 0 Å². The molecule has 0 atom stereocenters. The number of carbonyl (C=O) groups is 1. The highest BCUT2D eigenvalue weighted by Gasteiger charge is 2.36. The molecule has 1 aromatic carbocycles. The largest absolute Gasteiger partial charge is 0.465 e. The van der Waals surface area contributed by atoms with Crippen molar-refractivity contribution < 1.29 is 17.9 Å². The van der Waals surface area contributed by atoms with E-state index in [1.54, 1.807) is 0 Å². The number of rotatable bonds is 9. The van der Waals surface area contributed by atoms with Gasteiger partial charge in [0.1, 0.15) is 4.21 Å². The number of aromatic nitrogens is 1. The molecule has 4 rings (SSSR count). The van der Waals surface area contributed by atoms with Crippen molar-refractivity contribution >= 4 is 38.2 Å². The summed E-state index contributed by atoms with van der Waals surface area (Å²) in [5.74, 6) is -0.627. The van der Waals surface area contributed by atoms with Crippen LogP contribution in [0.5, 0.6) is 0 Å². The fraction of sp³-hybridized carbons (Fsp3) is 0.280. The Labute approximate surface area is 204 Å². The van der Waals surface area contributed by atoms with Gasteiger partial charge in [0, 0.05) is 43.0 Å². The van der Waals surface area contributed by atoms with E-state index in [-0.39, 0.29) is 22.9 Å². The summed E-state index contributed by atoms with van der Waals surface area (Å²) in [6, 6.07) is 12.1. The average Bonchev–Trinajstić information content (AvgIpc) is 3.23. The van der Waals surface area contributed by atoms with E-state index in [9.17, 15) is 13.2 Å². The standard InChI is InChI=1S/C25H27N3O4S2/c1-4-13-28(14-5-2)34(30,31)25-23(24(29)32-3)20-12-15-27(17-22(20)33-25)16-19-11-10-18-8-6-7-9-21(18)26-19/h4-11H,1-2,12-17H2,3H3. The van der Waals surface area contributed by atoms with Crippen molar-refractivity contribution in [3.05, 3.63) is 83.4 Å². The quantitative estimate of drug-likeness (QED) is 0.328. The lowest BCUT2D eigenvalue weighted by Crippen LogP contribution is -2.32. The molecule has 0 fully saturated rings. The summed E-state index contributed by atoms with van der Waals surface area (Å²) in [6.07, 6.45) is 3.59. The van der Waals surface area contributed by atoms with Crippen LogP contribution >= 0.6 is 11.3 Å². The number of para-hydroxylation sites is 1. The molecule has 0 radical (unpaired) electrons. The highest BCUT2D eigenvalue weighted by atomic mass is 32.2. The fourth-order valence-electron chi connectivity index (χ4n) is 4.16. The lowest BCUT2D eigenvalue weighted by molar-refractivity contribution is 0.0595. The predicted molar refractivity (Wildman–Crippen MR) is 134 cm³/mol. The van der Waals surface area contributed by atoms with Crippen LogP contribution in [0.4, 0.5) is 0 Å². The number of hydrogen-bond donors (Lipinski definition) is 0. The molecule has 0 aliphatic carbocycles. The van der Waals surface area contributed by atoms with Crippen molar-refractivity contribution in [2.24, 2.45) is 0 Å². The molecule has 0 saturated carbocycles. The molecule has 3 heterocycles. The van der Waals surface area contributed by atoms with Crippen molar-refractivity contribution in [1.82, 2.24) is 14.2 Å². The number of carbonyl (C=O) groups excluding carboxylic acids is 1. The van der Waals surface area contributed by atoms with E-state index in [1.807, 2.05) is 30.3 Å². The Morgan fingerprint density at radius 3 is 2.65 bits per heavy atom. The normalized spacial score (nSPS) is 14.2. The van der Waals surface area contributed by atoms with Crippen LogP contribution in [0.2, 0.25) is 0 Å². The van der Waals surface area contributed by atoms with E-state index in [1.165, 1.54) is 23.6 Å². The van der Waals surface area contributed by atoms with Crippen LogP contribution in [-0.2, 0) is 34.3 Å². The zero-order chi connectivity index (χ0) is 24.3.